The van der Waals surface area contributed by atoms with Gasteiger partial charge in [-0.3, -0.25) is 0 Å². The fourth-order valence-corrected chi connectivity index (χ4v) is 5.17. The molecule has 3 aliphatic rings. The molecule has 0 amide bonds. The van der Waals surface area contributed by atoms with Crippen molar-refractivity contribution in [1.82, 2.24) is 0 Å². The zero-order valence-electron chi connectivity index (χ0n) is 11.2. The minimum atomic E-state index is -0.358. The van der Waals surface area contributed by atoms with Crippen LogP contribution in [0, 0.1) is 28.6 Å². The van der Waals surface area contributed by atoms with Crippen molar-refractivity contribution in [3.63, 3.8) is 0 Å². The fourth-order valence-electron chi connectivity index (χ4n) is 5.17. The first-order valence-corrected chi connectivity index (χ1v) is 7.00. The van der Waals surface area contributed by atoms with Gasteiger partial charge in [-0.2, -0.15) is 0 Å². The molecule has 0 spiro atoms. The van der Waals surface area contributed by atoms with Crippen molar-refractivity contribution in [1.29, 1.82) is 0 Å². The monoisotopic (exact) mass is 222 g/mol. The quantitative estimate of drug-likeness (QED) is 0.664. The molecule has 92 valence electrons. The first kappa shape index (κ1) is 11.1. The van der Waals surface area contributed by atoms with E-state index < -0.39 is 0 Å². The van der Waals surface area contributed by atoms with E-state index in [4.69, 9.17) is 0 Å². The molecule has 0 aromatic heterocycles. The van der Waals surface area contributed by atoms with E-state index >= 15 is 0 Å². The average Bonchev–Trinajstić information content (AvgIpc) is 2.64. The Bertz CT molecular complexity index is 321. The topological polar surface area (TPSA) is 20.2 Å². The van der Waals surface area contributed by atoms with Gasteiger partial charge in [0.15, 0.2) is 0 Å². The van der Waals surface area contributed by atoms with Crippen LogP contribution in [0.1, 0.15) is 59.8 Å². The van der Waals surface area contributed by atoms with Crippen molar-refractivity contribution in [2.45, 2.75) is 65.4 Å². The van der Waals surface area contributed by atoms with Gasteiger partial charge in [0.2, 0.25) is 0 Å². The SMILES string of the molecule is CC1CCC2C3(C)CC3CC(C)(C)CC12O. The Balaban J connectivity index is 2.01. The molecule has 3 aliphatic carbocycles. The maximum absolute atomic E-state index is 11.2. The fraction of sp³-hybridized carbons (Fsp3) is 1.00. The largest absolute Gasteiger partial charge is 0.389 e. The first-order valence-electron chi connectivity index (χ1n) is 7.00. The maximum atomic E-state index is 11.2. The number of aliphatic hydroxyl groups is 1. The van der Waals surface area contributed by atoms with Crippen molar-refractivity contribution < 1.29 is 5.11 Å². The molecule has 1 heteroatoms. The van der Waals surface area contributed by atoms with Crippen LogP contribution in [0.3, 0.4) is 0 Å². The number of hydrogen-bond donors (Lipinski definition) is 1. The van der Waals surface area contributed by atoms with Crippen molar-refractivity contribution in [2.24, 2.45) is 28.6 Å². The molecule has 3 rings (SSSR count). The zero-order valence-corrected chi connectivity index (χ0v) is 11.2. The Hall–Kier alpha value is -0.0400. The Labute approximate surface area is 99.6 Å². The summed E-state index contributed by atoms with van der Waals surface area (Å²) < 4.78 is 0. The molecule has 0 aromatic carbocycles. The molecule has 0 aromatic rings. The number of fused-ring (bicyclic) bond motifs is 3. The van der Waals surface area contributed by atoms with Crippen molar-refractivity contribution in [3.8, 4) is 0 Å². The standard InChI is InChI=1S/C15H26O/c1-10-5-6-12-14(4)8-11(14)7-13(2,3)9-15(10,12)16/h10-12,16H,5-9H2,1-4H3. The van der Waals surface area contributed by atoms with Crippen LogP contribution in [0.2, 0.25) is 0 Å². The van der Waals surface area contributed by atoms with Crippen LogP contribution in [0.25, 0.3) is 0 Å². The highest BCUT2D eigenvalue weighted by Gasteiger charge is 2.67. The molecule has 3 saturated carbocycles. The van der Waals surface area contributed by atoms with E-state index in [1.807, 2.05) is 0 Å². The van der Waals surface area contributed by atoms with Crippen molar-refractivity contribution in [2.75, 3.05) is 0 Å². The normalized spacial score (nSPS) is 58.7. The Morgan fingerprint density at radius 1 is 1.06 bits per heavy atom. The highest BCUT2D eigenvalue weighted by atomic mass is 16.3. The van der Waals surface area contributed by atoms with E-state index in [1.54, 1.807) is 0 Å². The molecule has 5 atom stereocenters. The van der Waals surface area contributed by atoms with Gasteiger partial charge >= 0.3 is 0 Å². The van der Waals surface area contributed by atoms with Gasteiger partial charge in [-0.05, 0) is 60.7 Å². The zero-order chi connectivity index (χ0) is 11.8. The number of hydrogen-bond acceptors (Lipinski definition) is 1. The van der Waals surface area contributed by atoms with Gasteiger partial charge in [0.25, 0.3) is 0 Å². The van der Waals surface area contributed by atoms with E-state index in [0.29, 0.717) is 22.7 Å². The van der Waals surface area contributed by atoms with E-state index in [0.717, 1.165) is 12.3 Å². The summed E-state index contributed by atoms with van der Waals surface area (Å²) in [4.78, 5) is 0. The minimum absolute atomic E-state index is 0.338. The Kier molecular flexibility index (Phi) is 1.98. The van der Waals surface area contributed by atoms with Crippen LogP contribution in [0.5, 0.6) is 0 Å². The van der Waals surface area contributed by atoms with Crippen LogP contribution in [-0.2, 0) is 0 Å². The summed E-state index contributed by atoms with van der Waals surface area (Å²) in [5.74, 6) is 1.99. The maximum Gasteiger partial charge on any atom is 0.0711 e. The van der Waals surface area contributed by atoms with Gasteiger partial charge in [0.1, 0.15) is 0 Å². The molecule has 1 nitrogen and oxygen atoms in total. The van der Waals surface area contributed by atoms with Gasteiger partial charge in [0.05, 0.1) is 5.60 Å². The van der Waals surface area contributed by atoms with Crippen LogP contribution < -0.4 is 0 Å². The van der Waals surface area contributed by atoms with Crippen LogP contribution in [0.15, 0.2) is 0 Å². The lowest BCUT2D eigenvalue weighted by molar-refractivity contribution is -0.0747. The van der Waals surface area contributed by atoms with Gasteiger partial charge in [-0.15, -0.1) is 0 Å². The molecule has 0 bridgehead atoms. The third-order valence-electron chi connectivity index (χ3n) is 6.16. The number of rotatable bonds is 0. The summed E-state index contributed by atoms with van der Waals surface area (Å²) in [6.07, 6.45) is 6.23. The van der Waals surface area contributed by atoms with E-state index in [1.165, 1.54) is 25.7 Å². The van der Waals surface area contributed by atoms with Crippen molar-refractivity contribution >= 4 is 0 Å². The second-order valence-electron chi connectivity index (χ2n) is 7.97. The van der Waals surface area contributed by atoms with E-state index in [-0.39, 0.29) is 5.60 Å². The Morgan fingerprint density at radius 2 is 1.75 bits per heavy atom. The van der Waals surface area contributed by atoms with E-state index in [2.05, 4.69) is 27.7 Å². The smallest absolute Gasteiger partial charge is 0.0711 e. The van der Waals surface area contributed by atoms with Crippen LogP contribution in [-0.4, -0.2) is 10.7 Å². The molecule has 16 heavy (non-hydrogen) atoms. The highest BCUT2D eigenvalue weighted by molar-refractivity contribution is 5.16. The molecule has 1 N–H and O–H groups in total. The van der Waals surface area contributed by atoms with Gasteiger partial charge in [-0.25, -0.2) is 0 Å². The molecule has 0 saturated heterocycles. The predicted molar refractivity (Wildman–Crippen MR) is 66.1 cm³/mol. The summed E-state index contributed by atoms with van der Waals surface area (Å²) in [5, 5.41) is 11.2. The van der Waals surface area contributed by atoms with Crippen LogP contribution in [0.4, 0.5) is 0 Å². The lowest BCUT2D eigenvalue weighted by atomic mass is 9.70. The predicted octanol–water partition coefficient (Wildman–Crippen LogP) is 3.61. The van der Waals surface area contributed by atoms with E-state index in [9.17, 15) is 5.11 Å². The molecule has 5 unspecified atom stereocenters. The van der Waals surface area contributed by atoms with Gasteiger partial charge in [-0.1, -0.05) is 27.7 Å². The van der Waals surface area contributed by atoms with Crippen LogP contribution >= 0.6 is 0 Å². The summed E-state index contributed by atoms with van der Waals surface area (Å²) in [7, 11) is 0. The first-order chi connectivity index (χ1) is 7.28. The molecule has 0 aliphatic heterocycles. The second kappa shape index (κ2) is 2.85. The highest BCUT2D eigenvalue weighted by Crippen LogP contribution is 2.71. The minimum Gasteiger partial charge on any atom is -0.389 e. The molecule has 0 radical (unpaired) electrons. The summed E-state index contributed by atoms with van der Waals surface area (Å²) in [6.45, 7) is 9.42. The summed E-state index contributed by atoms with van der Waals surface area (Å²) >= 11 is 0. The lowest BCUT2D eigenvalue weighted by Crippen LogP contribution is -2.44. The van der Waals surface area contributed by atoms with Gasteiger partial charge in [0, 0.05) is 0 Å². The molecule has 0 heterocycles. The molecular formula is C15H26O. The lowest BCUT2D eigenvalue weighted by Gasteiger charge is -2.40. The van der Waals surface area contributed by atoms with Crippen molar-refractivity contribution in [3.05, 3.63) is 0 Å². The average molecular weight is 222 g/mol. The second-order valence-corrected chi connectivity index (χ2v) is 7.97. The van der Waals surface area contributed by atoms with Gasteiger partial charge < -0.3 is 5.11 Å². The Morgan fingerprint density at radius 3 is 2.44 bits per heavy atom. The summed E-state index contributed by atoms with van der Waals surface area (Å²) in [6, 6.07) is 0. The third-order valence-corrected chi connectivity index (χ3v) is 6.16. The summed E-state index contributed by atoms with van der Waals surface area (Å²) in [5.41, 5.74) is 0.460. The third kappa shape index (κ3) is 1.27. The molecule has 3 fully saturated rings. The molecular weight excluding hydrogens is 196 g/mol.